The van der Waals surface area contributed by atoms with Crippen molar-refractivity contribution in [3.05, 3.63) is 81.7 Å². The number of carbonyl (C=O) groups is 3. The molecule has 4 fully saturated rings. The van der Waals surface area contributed by atoms with Gasteiger partial charge in [-0.05, 0) is 119 Å². The van der Waals surface area contributed by atoms with Gasteiger partial charge in [0.1, 0.15) is 0 Å². The third-order valence-corrected chi connectivity index (χ3v) is 16.7. The van der Waals surface area contributed by atoms with E-state index >= 15 is 4.39 Å². The first-order valence-corrected chi connectivity index (χ1v) is 23.1. The van der Waals surface area contributed by atoms with E-state index in [1.54, 1.807) is 13.2 Å². The van der Waals surface area contributed by atoms with Crippen molar-refractivity contribution in [1.82, 2.24) is 28.9 Å². The van der Waals surface area contributed by atoms with Gasteiger partial charge in [-0.1, -0.05) is 35.9 Å². The number of nitrogens with one attached hydrogen (secondary N) is 2. The Kier molecular flexibility index (Phi) is 9.35. The van der Waals surface area contributed by atoms with Gasteiger partial charge >= 0.3 is 5.97 Å². The third-order valence-electron chi connectivity index (χ3n) is 16.3. The number of hydrogen-bond donors (Lipinski definition) is 3. The van der Waals surface area contributed by atoms with Crippen LogP contribution in [0.25, 0.3) is 11.1 Å². The highest BCUT2D eigenvalue weighted by Crippen LogP contribution is 2.64. The molecule has 4 aliphatic carbocycles. The molecule has 6 aliphatic rings. The highest BCUT2D eigenvalue weighted by Gasteiger charge is 2.58. The van der Waals surface area contributed by atoms with Crippen molar-refractivity contribution in [2.75, 3.05) is 50.5 Å². The Labute approximate surface area is 387 Å². The molecule has 340 valence electrons. The molecule has 4 bridgehead atoms. The lowest BCUT2D eigenvalue weighted by molar-refractivity contribution is -0.148. The van der Waals surface area contributed by atoms with E-state index in [0.717, 1.165) is 48.0 Å². The molecule has 2 aliphatic heterocycles. The lowest BCUT2D eigenvalue weighted by atomic mass is 9.80. The number of methoxy groups -OCH3 is 1. The van der Waals surface area contributed by atoms with Gasteiger partial charge in [-0.2, -0.15) is 0 Å². The van der Waals surface area contributed by atoms with Crippen molar-refractivity contribution < 1.29 is 36.8 Å². The zero-order valence-corrected chi connectivity index (χ0v) is 37.1. The number of hydrogen-bond acceptors (Lipinski definition) is 8. The molecule has 2 amide bonds. The molecule has 2 aromatic carbocycles. The summed E-state index contributed by atoms with van der Waals surface area (Å²) in [5.41, 5.74) is 1.79. The van der Waals surface area contributed by atoms with Crippen molar-refractivity contribution in [1.29, 1.82) is 0 Å². The molecule has 2 aromatic heterocycles. The Morgan fingerprint density at radius 2 is 1.28 bits per heavy atom. The summed E-state index contributed by atoms with van der Waals surface area (Å²) >= 11 is 6.90. The van der Waals surface area contributed by atoms with Crippen LogP contribution < -0.4 is 10.6 Å². The monoisotopic (exact) mass is 900 g/mol. The summed E-state index contributed by atoms with van der Waals surface area (Å²) in [7, 11) is 1.77. The standard InChI is InChI=1S/C49H60ClFN8O5/c1-56-37-11-23-59(25-21-47-16-18-49(29-47,19-17-47)45(62)63)27-35(37)52-41(56)43(60)54-33-8-4-6-31(39(33)50)32-7-5-9-34(40(32)51)55-44(61)42-53-36-26-58(22-10-38(36)57(42)2)24-20-46-12-14-48(28-46,15-13-46)30-64-3/h4-9H,10-30H2,1-3H3,(H,54,60)(H,55,61)(H,62,63)/i1D3,2D3. The molecule has 0 unspecified atom stereocenters. The lowest BCUT2D eigenvalue weighted by Crippen LogP contribution is -2.34. The second-order valence-corrected chi connectivity index (χ2v) is 20.4. The molecule has 0 spiro atoms. The number of carboxylic acid groups (broad SMARTS) is 1. The Morgan fingerprint density at radius 1 is 0.766 bits per heavy atom. The summed E-state index contributed by atoms with van der Waals surface area (Å²) in [6.45, 7) is -1.22. The fourth-order valence-corrected chi connectivity index (χ4v) is 12.9. The highest BCUT2D eigenvalue weighted by molar-refractivity contribution is 6.36. The second kappa shape index (κ2) is 16.4. The first-order chi connectivity index (χ1) is 33.2. The number of carbonyl (C=O) groups excluding carboxylic acids is 2. The van der Waals surface area contributed by atoms with Crippen LogP contribution in [0.1, 0.15) is 129 Å². The molecule has 10 rings (SSSR count). The van der Waals surface area contributed by atoms with Crippen molar-refractivity contribution in [2.24, 2.45) is 35.6 Å². The second-order valence-electron chi connectivity index (χ2n) is 20.0. The Hall–Kier alpha value is -4.63. The number of aromatic nitrogens is 4. The van der Waals surface area contributed by atoms with Crippen LogP contribution in [0.4, 0.5) is 15.8 Å². The fourth-order valence-electron chi connectivity index (χ4n) is 12.6. The zero-order valence-electron chi connectivity index (χ0n) is 42.3. The third kappa shape index (κ3) is 7.55. The molecule has 3 N–H and O–H groups in total. The van der Waals surface area contributed by atoms with Gasteiger partial charge in [0.2, 0.25) is 0 Å². The molecule has 13 nitrogen and oxygen atoms in total. The largest absolute Gasteiger partial charge is 0.481 e. The van der Waals surface area contributed by atoms with E-state index < -0.39 is 43.0 Å². The Balaban J connectivity index is 0.829. The summed E-state index contributed by atoms with van der Waals surface area (Å²) in [5, 5.41) is 15.1. The van der Waals surface area contributed by atoms with Crippen molar-refractivity contribution >= 4 is 40.8 Å². The first kappa shape index (κ1) is 36.6. The maximum atomic E-state index is 16.6. The molecule has 4 heterocycles. The van der Waals surface area contributed by atoms with Crippen LogP contribution in [-0.4, -0.2) is 91.7 Å². The topological polar surface area (TPSA) is 147 Å². The number of imidazole rings is 2. The fraction of sp³-hybridized carbons (Fsp3) is 0.571. The lowest BCUT2D eigenvalue weighted by Gasteiger charge is -2.32. The number of amides is 2. The van der Waals surface area contributed by atoms with Crippen LogP contribution in [0.15, 0.2) is 36.4 Å². The molecule has 4 saturated carbocycles. The number of nitrogens with zero attached hydrogens (tertiary/aromatic N) is 6. The predicted octanol–water partition coefficient (Wildman–Crippen LogP) is 8.25. The van der Waals surface area contributed by atoms with Crippen LogP contribution in [0.5, 0.6) is 0 Å². The number of carboxylic acids is 1. The number of benzene rings is 2. The van der Waals surface area contributed by atoms with Crippen LogP contribution in [0.3, 0.4) is 0 Å². The van der Waals surface area contributed by atoms with Gasteiger partial charge in [-0.15, -0.1) is 0 Å². The maximum Gasteiger partial charge on any atom is 0.309 e. The van der Waals surface area contributed by atoms with Gasteiger partial charge < -0.3 is 29.6 Å². The average Bonchev–Trinajstić information content (AvgIpc) is 4.17. The van der Waals surface area contributed by atoms with Gasteiger partial charge in [0.25, 0.3) is 11.8 Å². The summed E-state index contributed by atoms with van der Waals surface area (Å²) in [6.07, 6.45) is 12.4. The number of rotatable bonds is 14. The maximum absolute atomic E-state index is 16.6. The van der Waals surface area contributed by atoms with Crippen LogP contribution >= 0.6 is 11.6 Å². The SMILES string of the molecule is [2H]C([2H])([2H])n1c(C(=O)Nc2cccc(-c3cccc(NC(=O)c4nc5c(n4C([2H])([2H])[2H])CCN(CCC46CCC(C(=O)O)(CC4)C6)C5)c3Cl)c2F)nc2c1CCN(CCC13CCC(COC)(CC1)C3)C2. The summed E-state index contributed by atoms with van der Waals surface area (Å²) in [4.78, 5) is 53.6. The van der Waals surface area contributed by atoms with E-state index in [0.29, 0.717) is 93.0 Å². The van der Waals surface area contributed by atoms with E-state index in [-0.39, 0.29) is 50.0 Å². The molecule has 4 aromatic rings. The van der Waals surface area contributed by atoms with Gasteiger partial charge in [0.05, 0.1) is 39.8 Å². The van der Waals surface area contributed by atoms with Crippen molar-refractivity contribution in [3.8, 4) is 11.1 Å². The van der Waals surface area contributed by atoms with E-state index in [4.69, 9.17) is 24.6 Å². The van der Waals surface area contributed by atoms with Gasteiger partial charge in [0, 0.05) is 90.8 Å². The summed E-state index contributed by atoms with van der Waals surface area (Å²) in [6, 6.07) is 8.88. The minimum absolute atomic E-state index is 0.00797. The van der Waals surface area contributed by atoms with E-state index in [1.807, 2.05) is 0 Å². The average molecular weight is 902 g/mol. The number of ether oxygens (including phenoxy) is 1. The molecule has 0 saturated heterocycles. The van der Waals surface area contributed by atoms with Crippen LogP contribution in [0, 0.1) is 27.5 Å². The Bertz CT molecular complexity index is 2740. The van der Waals surface area contributed by atoms with E-state index in [1.165, 1.54) is 62.4 Å². The van der Waals surface area contributed by atoms with Gasteiger partial charge in [-0.25, -0.2) is 14.4 Å². The van der Waals surface area contributed by atoms with Crippen LogP contribution in [-0.2, 0) is 49.4 Å². The highest BCUT2D eigenvalue weighted by atomic mass is 35.5. The number of anilines is 2. The Morgan fingerprint density at radius 3 is 1.83 bits per heavy atom. The van der Waals surface area contributed by atoms with Crippen molar-refractivity contribution in [2.45, 2.75) is 103 Å². The number of halogens is 2. The summed E-state index contributed by atoms with van der Waals surface area (Å²) < 4.78 is 74.4. The first-order valence-electron chi connectivity index (χ1n) is 25.7. The molecular formula is C49H60ClFN8O5. The van der Waals surface area contributed by atoms with Crippen LogP contribution in [0.2, 0.25) is 5.02 Å². The number of fused-ring (bicyclic) bond motifs is 6. The molecular weight excluding hydrogens is 835 g/mol. The van der Waals surface area contributed by atoms with Gasteiger partial charge in [0.15, 0.2) is 17.5 Å². The van der Waals surface area contributed by atoms with Crippen molar-refractivity contribution in [3.63, 3.8) is 0 Å². The number of aliphatic carboxylic acids is 1. The normalized spacial score (nSPS) is 29.0. The minimum atomic E-state index is -2.73. The summed E-state index contributed by atoms with van der Waals surface area (Å²) in [5.74, 6) is -3.96. The van der Waals surface area contributed by atoms with Gasteiger partial charge in [-0.3, -0.25) is 24.2 Å². The predicted molar refractivity (Wildman–Crippen MR) is 242 cm³/mol. The minimum Gasteiger partial charge on any atom is -0.481 e. The quantitative estimate of drug-likeness (QED) is 0.114. The molecule has 0 atom stereocenters. The smallest absolute Gasteiger partial charge is 0.309 e. The molecule has 15 heteroatoms. The zero-order chi connectivity index (χ0) is 49.6. The van der Waals surface area contributed by atoms with E-state index in [9.17, 15) is 19.5 Å². The van der Waals surface area contributed by atoms with E-state index in [2.05, 4.69) is 30.4 Å². The molecule has 0 radical (unpaired) electrons. The molecule has 64 heavy (non-hydrogen) atoms.